The van der Waals surface area contributed by atoms with Crippen molar-refractivity contribution in [3.8, 4) is 0 Å². The molecule has 3 aromatic rings. The zero-order valence-corrected chi connectivity index (χ0v) is 16.9. The van der Waals surface area contributed by atoms with Crippen molar-refractivity contribution in [1.82, 2.24) is 19.9 Å². The SMILES string of the molecule is O=C(O)c1ccc(COC(=O)N2CCC[C@@H]3C2CCN3c2ncnc3[nH]ccc23)cc1. The first-order valence-electron chi connectivity index (χ1n) is 10.4. The summed E-state index contributed by atoms with van der Waals surface area (Å²) in [5.41, 5.74) is 1.78. The Bertz CT molecular complexity index is 1110. The second-order valence-electron chi connectivity index (χ2n) is 7.95. The molecule has 2 aliphatic rings. The number of H-pyrrole nitrogens is 1. The number of anilines is 1. The van der Waals surface area contributed by atoms with Crippen LogP contribution in [0, 0.1) is 0 Å². The van der Waals surface area contributed by atoms with Gasteiger partial charge < -0.3 is 24.6 Å². The number of amides is 1. The number of likely N-dealkylation sites (tertiary alicyclic amines) is 1. The van der Waals surface area contributed by atoms with Crippen molar-refractivity contribution < 1.29 is 19.4 Å². The summed E-state index contributed by atoms with van der Waals surface area (Å²) in [5.74, 6) is -0.0678. The molecular formula is C22H23N5O4. The van der Waals surface area contributed by atoms with Gasteiger partial charge in [0.1, 0.15) is 24.4 Å². The second-order valence-corrected chi connectivity index (χ2v) is 7.95. The van der Waals surface area contributed by atoms with E-state index in [0.717, 1.165) is 48.2 Å². The van der Waals surface area contributed by atoms with Crippen molar-refractivity contribution in [2.75, 3.05) is 18.0 Å². The van der Waals surface area contributed by atoms with E-state index >= 15 is 0 Å². The highest BCUT2D eigenvalue weighted by molar-refractivity contribution is 5.88. The quantitative estimate of drug-likeness (QED) is 0.666. The number of aromatic carboxylic acids is 1. The Balaban J connectivity index is 1.27. The lowest BCUT2D eigenvalue weighted by Crippen LogP contribution is -2.52. The highest BCUT2D eigenvalue weighted by atomic mass is 16.6. The van der Waals surface area contributed by atoms with Crippen LogP contribution in [0.5, 0.6) is 0 Å². The largest absolute Gasteiger partial charge is 0.478 e. The highest BCUT2D eigenvalue weighted by Gasteiger charge is 2.43. The number of aromatic nitrogens is 3. The lowest BCUT2D eigenvalue weighted by Gasteiger charge is -2.39. The number of nitrogens with zero attached hydrogens (tertiary/aromatic N) is 4. The van der Waals surface area contributed by atoms with Crippen molar-refractivity contribution in [3.05, 3.63) is 54.0 Å². The molecule has 0 aliphatic carbocycles. The number of carboxylic acids is 1. The molecule has 2 fully saturated rings. The van der Waals surface area contributed by atoms with Gasteiger partial charge in [0.05, 0.1) is 23.0 Å². The first-order valence-corrected chi connectivity index (χ1v) is 10.4. The maximum absolute atomic E-state index is 12.9. The Morgan fingerprint density at radius 3 is 2.74 bits per heavy atom. The molecule has 1 aromatic carbocycles. The summed E-state index contributed by atoms with van der Waals surface area (Å²) in [6.07, 6.45) is 5.88. The molecule has 2 saturated heterocycles. The van der Waals surface area contributed by atoms with Crippen LogP contribution in [0.15, 0.2) is 42.9 Å². The average Bonchev–Trinajstić information content (AvgIpc) is 3.44. The predicted octanol–water partition coefficient (Wildman–Crippen LogP) is 3.04. The number of carbonyl (C=O) groups excluding carboxylic acids is 1. The smallest absolute Gasteiger partial charge is 0.410 e. The van der Waals surface area contributed by atoms with Crippen LogP contribution in [0.25, 0.3) is 11.0 Å². The summed E-state index contributed by atoms with van der Waals surface area (Å²) in [6.45, 7) is 1.62. The summed E-state index contributed by atoms with van der Waals surface area (Å²) < 4.78 is 5.57. The summed E-state index contributed by atoms with van der Waals surface area (Å²) in [4.78, 5) is 39.9. The van der Waals surface area contributed by atoms with Crippen molar-refractivity contribution in [1.29, 1.82) is 0 Å². The summed E-state index contributed by atoms with van der Waals surface area (Å²) in [6, 6.07) is 8.64. The molecule has 1 amide bonds. The van der Waals surface area contributed by atoms with Crippen LogP contribution in [0.4, 0.5) is 10.6 Å². The second kappa shape index (κ2) is 7.90. The van der Waals surface area contributed by atoms with E-state index in [9.17, 15) is 9.59 Å². The zero-order chi connectivity index (χ0) is 21.4. The van der Waals surface area contributed by atoms with Gasteiger partial charge >= 0.3 is 12.1 Å². The molecule has 0 saturated carbocycles. The number of rotatable bonds is 4. The third-order valence-corrected chi connectivity index (χ3v) is 6.21. The van der Waals surface area contributed by atoms with Crippen LogP contribution < -0.4 is 4.90 Å². The molecule has 2 atom stereocenters. The van der Waals surface area contributed by atoms with Crippen molar-refractivity contribution in [2.24, 2.45) is 0 Å². The average molecular weight is 421 g/mol. The molecule has 0 radical (unpaired) electrons. The summed E-state index contributed by atoms with van der Waals surface area (Å²) in [7, 11) is 0. The Hall–Kier alpha value is -3.62. The van der Waals surface area contributed by atoms with Crippen LogP contribution >= 0.6 is 0 Å². The normalized spacial score (nSPS) is 20.6. The monoisotopic (exact) mass is 421 g/mol. The van der Waals surface area contributed by atoms with Gasteiger partial charge in [0.15, 0.2) is 0 Å². The van der Waals surface area contributed by atoms with Gasteiger partial charge in [-0.25, -0.2) is 19.6 Å². The van der Waals surface area contributed by atoms with E-state index in [1.54, 1.807) is 18.5 Å². The third kappa shape index (κ3) is 3.56. The molecule has 0 bridgehead atoms. The van der Waals surface area contributed by atoms with E-state index < -0.39 is 5.97 Å². The van der Waals surface area contributed by atoms with Crippen LogP contribution in [0.3, 0.4) is 0 Å². The van der Waals surface area contributed by atoms with Crippen LogP contribution in [-0.2, 0) is 11.3 Å². The predicted molar refractivity (Wildman–Crippen MR) is 113 cm³/mol. The fourth-order valence-electron chi connectivity index (χ4n) is 4.73. The minimum atomic E-state index is -0.978. The van der Waals surface area contributed by atoms with Crippen molar-refractivity contribution >= 4 is 28.9 Å². The summed E-state index contributed by atoms with van der Waals surface area (Å²) >= 11 is 0. The Kier molecular flexibility index (Phi) is 4.93. The molecule has 0 spiro atoms. The van der Waals surface area contributed by atoms with E-state index in [0.29, 0.717) is 6.54 Å². The van der Waals surface area contributed by atoms with Gasteiger partial charge in [0.25, 0.3) is 0 Å². The van der Waals surface area contributed by atoms with Crippen molar-refractivity contribution in [3.63, 3.8) is 0 Å². The maximum Gasteiger partial charge on any atom is 0.410 e. The molecule has 2 N–H and O–H groups in total. The number of nitrogens with one attached hydrogen (secondary N) is 1. The highest BCUT2D eigenvalue weighted by Crippen LogP contribution is 2.36. The van der Waals surface area contributed by atoms with E-state index in [-0.39, 0.29) is 30.3 Å². The van der Waals surface area contributed by atoms with E-state index in [1.807, 2.05) is 17.2 Å². The standard InChI is InChI=1S/C22H23N5O4/c28-21(29)15-5-3-14(4-6-15)12-31-22(30)27-10-1-2-17-18(27)8-11-26(17)20-16-7-9-23-19(16)24-13-25-20/h3-7,9,13,17-18H,1-2,8,10-12H2,(H,28,29)(H,23,24,25)/t17-,18?/m1/s1. The minimum absolute atomic E-state index is 0.0830. The first-order chi connectivity index (χ1) is 15.1. The molecule has 2 aromatic heterocycles. The number of aromatic amines is 1. The maximum atomic E-state index is 12.9. The number of carboxylic acid groups (broad SMARTS) is 1. The van der Waals surface area contributed by atoms with E-state index in [1.165, 1.54) is 12.1 Å². The molecule has 9 nitrogen and oxygen atoms in total. The summed E-state index contributed by atoms with van der Waals surface area (Å²) in [5, 5.41) is 9.99. The van der Waals surface area contributed by atoms with Crippen LogP contribution in [0.2, 0.25) is 0 Å². The van der Waals surface area contributed by atoms with Gasteiger partial charge in [-0.05, 0) is 43.0 Å². The molecule has 2 aliphatic heterocycles. The topological polar surface area (TPSA) is 112 Å². The third-order valence-electron chi connectivity index (χ3n) is 6.21. The number of fused-ring (bicyclic) bond motifs is 2. The zero-order valence-electron chi connectivity index (χ0n) is 16.9. The Labute approximate surface area is 178 Å². The molecule has 9 heteroatoms. The number of hydrogen-bond donors (Lipinski definition) is 2. The lowest BCUT2D eigenvalue weighted by molar-refractivity contribution is 0.0667. The number of ether oxygens (including phenoxy) is 1. The van der Waals surface area contributed by atoms with Gasteiger partial charge in [-0.1, -0.05) is 12.1 Å². The van der Waals surface area contributed by atoms with E-state index in [2.05, 4.69) is 19.9 Å². The number of piperidine rings is 1. The van der Waals surface area contributed by atoms with Crippen LogP contribution in [0.1, 0.15) is 35.2 Å². The molecule has 1 unspecified atom stereocenters. The molecular weight excluding hydrogens is 398 g/mol. The van der Waals surface area contributed by atoms with E-state index in [4.69, 9.17) is 9.84 Å². The van der Waals surface area contributed by atoms with Crippen molar-refractivity contribution in [2.45, 2.75) is 38.0 Å². The lowest BCUT2D eigenvalue weighted by atomic mass is 9.97. The van der Waals surface area contributed by atoms with Gasteiger partial charge in [-0.3, -0.25) is 0 Å². The molecule has 5 rings (SSSR count). The minimum Gasteiger partial charge on any atom is -0.478 e. The number of hydrogen-bond acceptors (Lipinski definition) is 6. The van der Waals surface area contributed by atoms with Gasteiger partial charge in [0.2, 0.25) is 0 Å². The fraction of sp³-hybridized carbons (Fsp3) is 0.364. The number of carbonyl (C=O) groups is 2. The number of benzene rings is 1. The Morgan fingerprint density at radius 1 is 1.10 bits per heavy atom. The first kappa shape index (κ1) is 19.3. The molecule has 160 valence electrons. The Morgan fingerprint density at radius 2 is 1.94 bits per heavy atom. The van der Waals surface area contributed by atoms with Gasteiger partial charge in [-0.15, -0.1) is 0 Å². The van der Waals surface area contributed by atoms with Gasteiger partial charge in [0, 0.05) is 19.3 Å². The molecule has 31 heavy (non-hydrogen) atoms. The fourth-order valence-corrected chi connectivity index (χ4v) is 4.73. The molecule has 4 heterocycles. The van der Waals surface area contributed by atoms with Gasteiger partial charge in [-0.2, -0.15) is 0 Å². The van der Waals surface area contributed by atoms with Crippen LogP contribution in [-0.4, -0.2) is 62.2 Å².